The van der Waals surface area contributed by atoms with Crippen LogP contribution < -0.4 is 0 Å². The van der Waals surface area contributed by atoms with E-state index in [1.165, 1.54) is 6.08 Å². The number of hydrogen-bond acceptors (Lipinski definition) is 2. The molecule has 0 aliphatic rings. The summed E-state index contributed by atoms with van der Waals surface area (Å²) in [6, 6.07) is -1.65. The number of isocyanates is 1. The summed E-state index contributed by atoms with van der Waals surface area (Å²) in [5.41, 5.74) is 0. The van der Waals surface area contributed by atoms with Crippen LogP contribution in [0.25, 0.3) is 0 Å². The van der Waals surface area contributed by atoms with Gasteiger partial charge < -0.3 is 0 Å². The molecule has 2 nitrogen and oxygen atoms in total. The van der Waals surface area contributed by atoms with Gasteiger partial charge in [0.05, 0.1) is 6.54 Å². The molecule has 0 atom stereocenters. The molecule has 0 radical (unpaired) electrons. The van der Waals surface area contributed by atoms with Crippen LogP contribution in [0.4, 0.5) is 0 Å². The molecule has 0 saturated carbocycles. The Morgan fingerprint density at radius 1 is 1.00 bits per heavy atom. The van der Waals surface area contributed by atoms with E-state index in [2.05, 4.69) is 4.99 Å². The Morgan fingerprint density at radius 2 is 1.57 bits per heavy atom. The highest BCUT2D eigenvalue weighted by Crippen LogP contribution is 2.27. The normalized spacial score (nSPS) is 11.1. The predicted octanol–water partition coefficient (Wildman–Crippen LogP) is 3.93. The predicted molar refractivity (Wildman–Crippen MR) is 64.2 cm³/mol. The van der Waals surface area contributed by atoms with E-state index in [1.54, 1.807) is 0 Å². The third-order valence-electron chi connectivity index (χ3n) is 1.79. The minimum atomic E-state index is -2.39. The third kappa shape index (κ3) is 12.5. The highest BCUT2D eigenvalue weighted by Gasteiger charge is 2.23. The van der Waals surface area contributed by atoms with Crippen molar-refractivity contribution in [2.45, 2.75) is 38.1 Å². The molecule has 6 heteroatoms. The van der Waals surface area contributed by atoms with Gasteiger partial charge in [0, 0.05) is 0 Å². The summed E-state index contributed by atoms with van der Waals surface area (Å²) in [4.78, 5) is 13.2. The fourth-order valence-electron chi connectivity index (χ4n) is 1.09. The molecule has 0 rings (SSSR count). The number of hydrogen-bond donors (Lipinski definition) is 0. The van der Waals surface area contributed by atoms with Crippen LogP contribution in [0.2, 0.25) is 6.04 Å². The van der Waals surface area contributed by atoms with Gasteiger partial charge in [0.2, 0.25) is 6.08 Å². The molecule has 0 aliphatic heterocycles. The number of aliphatic imine (C=N–C) groups is 1. The summed E-state index contributed by atoms with van der Waals surface area (Å²) in [6.07, 6.45) is 6.73. The number of rotatable bonds is 8. The van der Waals surface area contributed by atoms with Crippen LogP contribution >= 0.6 is 33.2 Å². The SMILES string of the molecule is O=C=NCCCCCCC[Si](Cl)(Cl)Cl. The molecule has 0 heterocycles. The lowest BCUT2D eigenvalue weighted by molar-refractivity contribution is 0.560. The zero-order valence-electron chi connectivity index (χ0n) is 7.94. The Balaban J connectivity index is 3.10. The number of nitrogens with zero attached hydrogens (tertiary/aromatic N) is 1. The van der Waals surface area contributed by atoms with E-state index in [-0.39, 0.29) is 0 Å². The Hall–Kier alpha value is 0.467. The van der Waals surface area contributed by atoms with Crippen molar-refractivity contribution in [3.63, 3.8) is 0 Å². The lowest BCUT2D eigenvalue weighted by Crippen LogP contribution is -2.07. The van der Waals surface area contributed by atoms with Crippen molar-refractivity contribution in [2.75, 3.05) is 6.54 Å². The van der Waals surface area contributed by atoms with Gasteiger partial charge in [0.15, 0.2) is 0 Å². The van der Waals surface area contributed by atoms with Crippen molar-refractivity contribution in [1.29, 1.82) is 0 Å². The fourth-order valence-corrected chi connectivity index (χ4v) is 2.95. The molecular formula is C8H14Cl3NOSi. The Bertz CT molecular complexity index is 190. The van der Waals surface area contributed by atoms with Gasteiger partial charge >= 0.3 is 6.00 Å². The first-order valence-corrected chi connectivity index (χ1v) is 9.91. The quantitative estimate of drug-likeness (QED) is 0.217. The first-order chi connectivity index (χ1) is 6.56. The zero-order chi connectivity index (χ0) is 10.9. The van der Waals surface area contributed by atoms with Crippen LogP contribution in [-0.4, -0.2) is 18.6 Å². The first-order valence-electron chi connectivity index (χ1n) is 4.66. The van der Waals surface area contributed by atoms with E-state index >= 15 is 0 Å². The van der Waals surface area contributed by atoms with Crippen LogP contribution in [0.5, 0.6) is 0 Å². The van der Waals surface area contributed by atoms with E-state index < -0.39 is 6.00 Å². The maximum atomic E-state index is 9.72. The largest absolute Gasteiger partial charge is 0.341 e. The van der Waals surface area contributed by atoms with Gasteiger partial charge in [-0.15, -0.1) is 33.2 Å². The molecule has 0 amide bonds. The van der Waals surface area contributed by atoms with E-state index in [1.807, 2.05) is 0 Å². The van der Waals surface area contributed by atoms with Crippen LogP contribution in [0, 0.1) is 0 Å². The lowest BCUT2D eigenvalue weighted by atomic mass is 10.1. The molecule has 14 heavy (non-hydrogen) atoms. The van der Waals surface area contributed by atoms with Crippen LogP contribution in [0.3, 0.4) is 0 Å². The van der Waals surface area contributed by atoms with E-state index in [0.29, 0.717) is 6.54 Å². The molecule has 0 aromatic carbocycles. The van der Waals surface area contributed by atoms with E-state index in [9.17, 15) is 4.79 Å². The summed E-state index contributed by atoms with van der Waals surface area (Å²) in [6.45, 7) is 0.586. The summed E-state index contributed by atoms with van der Waals surface area (Å²) in [7, 11) is 0. The van der Waals surface area contributed by atoms with Crippen molar-refractivity contribution >= 4 is 45.3 Å². The van der Waals surface area contributed by atoms with Gasteiger partial charge in [-0.1, -0.05) is 25.7 Å². The molecule has 0 aromatic heterocycles. The highest BCUT2D eigenvalue weighted by molar-refractivity contribution is 7.64. The van der Waals surface area contributed by atoms with Gasteiger partial charge in [-0.05, 0) is 12.5 Å². The second-order valence-corrected chi connectivity index (χ2v) is 12.4. The fraction of sp³-hybridized carbons (Fsp3) is 0.875. The summed E-state index contributed by atoms with van der Waals surface area (Å²) < 4.78 is 0. The van der Waals surface area contributed by atoms with Crippen molar-refractivity contribution < 1.29 is 4.79 Å². The summed E-state index contributed by atoms with van der Waals surface area (Å²) in [5.74, 6) is 0. The third-order valence-corrected chi connectivity index (χ3v) is 4.42. The maximum Gasteiger partial charge on any atom is 0.341 e. The Labute approximate surface area is 99.8 Å². The van der Waals surface area contributed by atoms with Gasteiger partial charge in [-0.25, -0.2) is 9.79 Å². The van der Waals surface area contributed by atoms with Gasteiger partial charge in [-0.2, -0.15) is 0 Å². The van der Waals surface area contributed by atoms with E-state index in [4.69, 9.17) is 33.2 Å². The van der Waals surface area contributed by atoms with Crippen LogP contribution in [0.15, 0.2) is 4.99 Å². The van der Waals surface area contributed by atoms with Gasteiger partial charge in [-0.3, -0.25) is 0 Å². The Morgan fingerprint density at radius 3 is 2.14 bits per heavy atom. The molecule has 0 unspecified atom stereocenters. The first kappa shape index (κ1) is 14.5. The van der Waals surface area contributed by atoms with Crippen molar-refractivity contribution in [3.8, 4) is 0 Å². The number of carbonyl (C=O) groups excluding carboxylic acids is 1. The molecule has 0 aromatic rings. The topological polar surface area (TPSA) is 29.4 Å². The average Bonchev–Trinajstić information content (AvgIpc) is 2.08. The minimum absolute atomic E-state index is 0.586. The van der Waals surface area contributed by atoms with Crippen LogP contribution in [-0.2, 0) is 4.79 Å². The van der Waals surface area contributed by atoms with Crippen LogP contribution in [0.1, 0.15) is 32.1 Å². The lowest BCUT2D eigenvalue weighted by Gasteiger charge is -2.06. The monoisotopic (exact) mass is 273 g/mol. The molecule has 0 N–H and O–H groups in total. The van der Waals surface area contributed by atoms with Crippen molar-refractivity contribution in [2.24, 2.45) is 4.99 Å². The maximum absolute atomic E-state index is 9.72. The molecular weight excluding hydrogens is 261 g/mol. The molecule has 0 fully saturated rings. The second-order valence-electron chi connectivity index (χ2n) is 3.11. The summed E-state index contributed by atoms with van der Waals surface area (Å²) in [5, 5.41) is 0. The highest BCUT2D eigenvalue weighted by atomic mass is 35.8. The number of unbranched alkanes of at least 4 members (excludes halogenated alkanes) is 4. The Kier molecular flexibility index (Phi) is 9.04. The molecule has 82 valence electrons. The second kappa shape index (κ2) is 8.75. The van der Waals surface area contributed by atoms with Gasteiger partial charge in [0.1, 0.15) is 0 Å². The minimum Gasteiger partial charge on any atom is -0.211 e. The molecule has 0 saturated heterocycles. The standard InChI is InChI=1S/C8H14Cl3NOSi/c9-14(10,11)7-5-3-1-2-4-6-12-8-13/h1-7H2. The zero-order valence-corrected chi connectivity index (χ0v) is 11.2. The smallest absolute Gasteiger partial charge is 0.211 e. The molecule has 0 bridgehead atoms. The molecule has 0 spiro atoms. The summed E-state index contributed by atoms with van der Waals surface area (Å²) >= 11 is 17.2. The van der Waals surface area contributed by atoms with Crippen molar-refractivity contribution in [1.82, 2.24) is 0 Å². The average molecular weight is 275 g/mol. The van der Waals surface area contributed by atoms with Gasteiger partial charge in [0.25, 0.3) is 0 Å². The van der Waals surface area contributed by atoms with E-state index in [0.717, 1.165) is 38.1 Å². The molecule has 0 aliphatic carbocycles. The van der Waals surface area contributed by atoms with Crippen molar-refractivity contribution in [3.05, 3.63) is 0 Å². The number of halogens is 3.